The van der Waals surface area contributed by atoms with E-state index in [1.165, 1.54) is 0 Å². The van der Waals surface area contributed by atoms with E-state index in [1.807, 2.05) is 27.0 Å². The van der Waals surface area contributed by atoms with Gasteiger partial charge in [-0.2, -0.15) is 0 Å². The summed E-state index contributed by atoms with van der Waals surface area (Å²) in [6.07, 6.45) is 5.75. The molecule has 0 spiro atoms. The standard InChI is InChI=1S/C9H17N3.C2H6/c1-8(6-10)7-12-9-2-4-11-5-3-9;1-2/h6-7,9,11H,2-5,10H2,1H3;1-2H3/b8-6-,12-7?;. The summed E-state index contributed by atoms with van der Waals surface area (Å²) in [7, 11) is 0. The predicted molar refractivity (Wildman–Crippen MR) is 63.7 cm³/mol. The largest absolute Gasteiger partial charge is 0.404 e. The van der Waals surface area contributed by atoms with Crippen molar-refractivity contribution in [2.45, 2.75) is 39.7 Å². The molecule has 3 heteroatoms. The van der Waals surface area contributed by atoms with Crippen LogP contribution in [0.5, 0.6) is 0 Å². The molecule has 0 atom stereocenters. The minimum atomic E-state index is 0.501. The molecule has 1 aliphatic heterocycles. The van der Waals surface area contributed by atoms with E-state index >= 15 is 0 Å². The van der Waals surface area contributed by atoms with E-state index in [4.69, 9.17) is 5.73 Å². The molecule has 82 valence electrons. The molecule has 3 nitrogen and oxygen atoms in total. The van der Waals surface area contributed by atoms with Crippen molar-refractivity contribution in [3.63, 3.8) is 0 Å². The Balaban J connectivity index is 0.000000791. The molecule has 0 saturated carbocycles. The van der Waals surface area contributed by atoms with Crippen molar-refractivity contribution < 1.29 is 0 Å². The molecule has 1 heterocycles. The smallest absolute Gasteiger partial charge is 0.0523 e. The summed E-state index contributed by atoms with van der Waals surface area (Å²) in [4.78, 5) is 4.44. The van der Waals surface area contributed by atoms with E-state index in [0.29, 0.717) is 6.04 Å². The SMILES string of the molecule is C/C(C=NC1CCNCC1)=C/N.CC. The molecular formula is C11H23N3. The first-order chi connectivity index (χ1) is 6.83. The zero-order valence-corrected chi connectivity index (χ0v) is 9.59. The van der Waals surface area contributed by atoms with E-state index in [1.54, 1.807) is 6.20 Å². The highest BCUT2D eigenvalue weighted by atomic mass is 14.9. The third-order valence-corrected chi connectivity index (χ3v) is 2.06. The Bertz CT molecular complexity index is 179. The van der Waals surface area contributed by atoms with Crippen LogP contribution < -0.4 is 11.1 Å². The maximum atomic E-state index is 5.32. The number of rotatable bonds is 2. The molecule has 0 amide bonds. The summed E-state index contributed by atoms with van der Waals surface area (Å²) in [6, 6.07) is 0.501. The Morgan fingerprint density at radius 2 is 1.93 bits per heavy atom. The fraction of sp³-hybridized carbons (Fsp3) is 0.727. The highest BCUT2D eigenvalue weighted by Gasteiger charge is 2.09. The van der Waals surface area contributed by atoms with E-state index in [2.05, 4.69) is 10.3 Å². The predicted octanol–water partition coefficient (Wildman–Crippen LogP) is 1.70. The first kappa shape index (κ1) is 13.2. The van der Waals surface area contributed by atoms with Crippen LogP contribution in [0.2, 0.25) is 0 Å². The number of aliphatic imine (C=N–C) groups is 1. The second-order valence-corrected chi connectivity index (χ2v) is 3.17. The number of piperidine rings is 1. The fourth-order valence-electron chi connectivity index (χ4n) is 1.22. The zero-order chi connectivity index (χ0) is 10.8. The monoisotopic (exact) mass is 197 g/mol. The molecule has 0 aliphatic carbocycles. The summed E-state index contributed by atoms with van der Waals surface area (Å²) >= 11 is 0. The lowest BCUT2D eigenvalue weighted by Gasteiger charge is -2.18. The number of nitrogens with zero attached hydrogens (tertiary/aromatic N) is 1. The summed E-state index contributed by atoms with van der Waals surface area (Å²) in [6.45, 7) is 8.14. The van der Waals surface area contributed by atoms with Gasteiger partial charge in [0.25, 0.3) is 0 Å². The van der Waals surface area contributed by atoms with Crippen LogP contribution in [-0.4, -0.2) is 25.3 Å². The number of allylic oxidation sites excluding steroid dienone is 1. The quantitative estimate of drug-likeness (QED) is 0.662. The highest BCUT2D eigenvalue weighted by Crippen LogP contribution is 2.06. The van der Waals surface area contributed by atoms with Crippen LogP contribution in [0.15, 0.2) is 16.8 Å². The normalized spacial score (nSPS) is 19.2. The second-order valence-electron chi connectivity index (χ2n) is 3.17. The number of nitrogens with two attached hydrogens (primary N) is 1. The highest BCUT2D eigenvalue weighted by molar-refractivity contribution is 5.77. The third-order valence-electron chi connectivity index (χ3n) is 2.06. The van der Waals surface area contributed by atoms with Crippen LogP contribution in [-0.2, 0) is 0 Å². The van der Waals surface area contributed by atoms with Gasteiger partial charge in [0.05, 0.1) is 6.04 Å². The topological polar surface area (TPSA) is 50.4 Å². The van der Waals surface area contributed by atoms with Crippen LogP contribution >= 0.6 is 0 Å². The molecule has 1 fully saturated rings. The van der Waals surface area contributed by atoms with Gasteiger partial charge in [-0.3, -0.25) is 4.99 Å². The first-order valence-electron chi connectivity index (χ1n) is 5.45. The van der Waals surface area contributed by atoms with Gasteiger partial charge in [-0.15, -0.1) is 0 Å². The van der Waals surface area contributed by atoms with E-state index in [-0.39, 0.29) is 0 Å². The van der Waals surface area contributed by atoms with Crippen molar-refractivity contribution >= 4 is 6.21 Å². The van der Waals surface area contributed by atoms with Gasteiger partial charge in [-0.05, 0) is 44.6 Å². The number of hydrogen-bond acceptors (Lipinski definition) is 3. The minimum Gasteiger partial charge on any atom is -0.404 e. The van der Waals surface area contributed by atoms with Gasteiger partial charge in [0.2, 0.25) is 0 Å². The van der Waals surface area contributed by atoms with Crippen molar-refractivity contribution in [2.24, 2.45) is 10.7 Å². The fourth-order valence-corrected chi connectivity index (χ4v) is 1.22. The molecule has 3 N–H and O–H groups in total. The lowest BCUT2D eigenvalue weighted by atomic mass is 10.1. The molecule has 14 heavy (non-hydrogen) atoms. The van der Waals surface area contributed by atoms with Crippen molar-refractivity contribution in [2.75, 3.05) is 13.1 Å². The maximum Gasteiger partial charge on any atom is 0.0523 e. The lowest BCUT2D eigenvalue weighted by molar-refractivity contribution is 0.461. The molecule has 0 aromatic carbocycles. The second kappa shape index (κ2) is 8.75. The van der Waals surface area contributed by atoms with E-state index in [0.717, 1.165) is 31.5 Å². The Labute approximate surface area is 87.5 Å². The molecule has 1 aliphatic rings. The summed E-state index contributed by atoms with van der Waals surface area (Å²) in [5.41, 5.74) is 6.36. The van der Waals surface area contributed by atoms with E-state index in [9.17, 15) is 0 Å². The van der Waals surface area contributed by atoms with Crippen LogP contribution in [0, 0.1) is 0 Å². The molecule has 1 rings (SSSR count). The molecule has 1 saturated heterocycles. The number of nitrogens with one attached hydrogen (secondary N) is 1. The van der Waals surface area contributed by atoms with Crippen molar-refractivity contribution in [3.05, 3.63) is 11.8 Å². The van der Waals surface area contributed by atoms with Gasteiger partial charge >= 0.3 is 0 Å². The summed E-state index contributed by atoms with van der Waals surface area (Å²) < 4.78 is 0. The molecular weight excluding hydrogens is 174 g/mol. The Morgan fingerprint density at radius 1 is 1.36 bits per heavy atom. The van der Waals surface area contributed by atoms with Crippen molar-refractivity contribution in [1.82, 2.24) is 5.32 Å². The van der Waals surface area contributed by atoms with Crippen LogP contribution in [0.1, 0.15) is 33.6 Å². The van der Waals surface area contributed by atoms with Crippen LogP contribution in [0.3, 0.4) is 0 Å². The summed E-state index contributed by atoms with van der Waals surface area (Å²) in [5, 5.41) is 3.30. The van der Waals surface area contributed by atoms with Gasteiger partial charge < -0.3 is 11.1 Å². The summed E-state index contributed by atoms with van der Waals surface area (Å²) in [5.74, 6) is 0. The third kappa shape index (κ3) is 5.75. The van der Waals surface area contributed by atoms with Crippen LogP contribution in [0.25, 0.3) is 0 Å². The van der Waals surface area contributed by atoms with Gasteiger partial charge in [-0.1, -0.05) is 13.8 Å². The average molecular weight is 197 g/mol. The molecule has 0 unspecified atom stereocenters. The van der Waals surface area contributed by atoms with Gasteiger partial charge in [0.1, 0.15) is 0 Å². The Morgan fingerprint density at radius 3 is 2.43 bits per heavy atom. The maximum absolute atomic E-state index is 5.32. The Hall–Kier alpha value is -0.830. The molecule has 0 aromatic heterocycles. The Kier molecular flexibility index (Phi) is 8.24. The number of hydrogen-bond donors (Lipinski definition) is 2. The molecule has 0 bridgehead atoms. The lowest BCUT2D eigenvalue weighted by Crippen LogP contribution is -2.29. The van der Waals surface area contributed by atoms with Gasteiger partial charge in [-0.25, -0.2) is 0 Å². The van der Waals surface area contributed by atoms with Crippen LogP contribution in [0.4, 0.5) is 0 Å². The molecule has 0 aromatic rings. The van der Waals surface area contributed by atoms with Gasteiger partial charge in [0.15, 0.2) is 0 Å². The molecule has 0 radical (unpaired) electrons. The average Bonchev–Trinajstić information content (AvgIpc) is 2.30. The van der Waals surface area contributed by atoms with Crippen molar-refractivity contribution in [3.8, 4) is 0 Å². The van der Waals surface area contributed by atoms with E-state index < -0.39 is 0 Å². The van der Waals surface area contributed by atoms with Crippen molar-refractivity contribution in [1.29, 1.82) is 0 Å². The van der Waals surface area contributed by atoms with Gasteiger partial charge in [0, 0.05) is 6.21 Å². The zero-order valence-electron chi connectivity index (χ0n) is 9.59. The first-order valence-corrected chi connectivity index (χ1v) is 5.45. The minimum absolute atomic E-state index is 0.501.